The van der Waals surface area contributed by atoms with Gasteiger partial charge in [-0.3, -0.25) is 0 Å². The van der Waals surface area contributed by atoms with Gasteiger partial charge in [0.15, 0.2) is 6.29 Å². The Bertz CT molecular complexity index is 173. The summed E-state index contributed by atoms with van der Waals surface area (Å²) in [5, 5.41) is 49.8. The number of hydrogen-bond donors (Lipinski definition) is 5. The molecule has 0 fully saturated rings. The highest BCUT2D eigenvalue weighted by Crippen LogP contribution is 2.02. The molecule has 0 rings (SSSR count). The minimum Gasteiger partial charge on any atom is -0.512 e. The summed E-state index contributed by atoms with van der Waals surface area (Å²) < 4.78 is 0. The number of aldehydes is 1. The lowest BCUT2D eigenvalue weighted by Gasteiger charge is -2.22. The van der Waals surface area contributed by atoms with Gasteiger partial charge in [0, 0.05) is 0 Å². The molecule has 82 valence electrons. The summed E-state index contributed by atoms with van der Waals surface area (Å²) in [7, 11) is 0. The normalized spacial score (nSPS) is 18.2. The van der Waals surface area contributed by atoms with Crippen molar-refractivity contribution in [2.45, 2.75) is 24.4 Å². The zero-order valence-electron chi connectivity index (χ0n) is 7.19. The van der Waals surface area contributed by atoms with E-state index in [0.717, 1.165) is 0 Å². The van der Waals surface area contributed by atoms with Crippen LogP contribution in [-0.2, 0) is 4.79 Å². The first kappa shape index (κ1) is 15.4. The standard InChI is InChI=1S/C6H12O6.CN/c7-1-3(9)5(11)6(12)4(10)2-8;1-2/h1,3-6,8-12H,2H2;/q;-1/t3-,4+,5+,6+;/m0./s1. The number of hydrogen-bond acceptors (Lipinski definition) is 7. The van der Waals surface area contributed by atoms with E-state index in [2.05, 4.69) is 0 Å². The fourth-order valence-corrected chi connectivity index (χ4v) is 0.618. The number of aliphatic hydroxyl groups excluding tert-OH is 5. The quantitative estimate of drug-likeness (QED) is 0.234. The van der Waals surface area contributed by atoms with E-state index in [1.807, 2.05) is 0 Å². The Morgan fingerprint density at radius 2 is 1.57 bits per heavy atom. The van der Waals surface area contributed by atoms with Gasteiger partial charge in [-0.1, -0.05) is 0 Å². The van der Waals surface area contributed by atoms with E-state index in [9.17, 15) is 4.79 Å². The molecule has 0 aromatic carbocycles. The maximum Gasteiger partial charge on any atom is 0.151 e. The Hall–Kier alpha value is -1.04. The fourth-order valence-electron chi connectivity index (χ4n) is 0.618. The van der Waals surface area contributed by atoms with Crippen LogP contribution >= 0.6 is 0 Å². The van der Waals surface area contributed by atoms with Gasteiger partial charge in [0.2, 0.25) is 0 Å². The molecule has 0 aliphatic carbocycles. The van der Waals surface area contributed by atoms with E-state index < -0.39 is 31.0 Å². The molecule has 0 aliphatic rings. The van der Waals surface area contributed by atoms with Crippen molar-refractivity contribution in [3.8, 4) is 0 Å². The van der Waals surface area contributed by atoms with Crippen LogP contribution in [0.15, 0.2) is 0 Å². The van der Waals surface area contributed by atoms with Crippen LogP contribution in [-0.4, -0.2) is 62.8 Å². The number of nitrogens with zero attached hydrogens (tertiary/aromatic N) is 1. The molecule has 14 heavy (non-hydrogen) atoms. The van der Waals surface area contributed by atoms with Crippen LogP contribution in [0, 0.1) is 11.8 Å². The van der Waals surface area contributed by atoms with Gasteiger partial charge < -0.3 is 42.2 Å². The van der Waals surface area contributed by atoms with Gasteiger partial charge in [0.05, 0.1) is 6.61 Å². The molecule has 0 radical (unpaired) electrons. The molecule has 0 aliphatic heterocycles. The lowest BCUT2D eigenvalue weighted by atomic mass is 10.0. The highest BCUT2D eigenvalue weighted by atomic mass is 16.4. The molecule has 0 spiro atoms. The molecule has 0 heterocycles. The van der Waals surface area contributed by atoms with Gasteiger partial charge in [0.1, 0.15) is 24.4 Å². The van der Waals surface area contributed by atoms with Crippen LogP contribution in [0.25, 0.3) is 0 Å². The van der Waals surface area contributed by atoms with Crippen LogP contribution < -0.4 is 0 Å². The number of rotatable bonds is 5. The Morgan fingerprint density at radius 1 is 1.14 bits per heavy atom. The SMILES string of the molecule is O=C[C@H](O)[C@@H](O)[C@H](O)[C@H](O)CO.[C-]#N. The molecule has 4 atom stereocenters. The summed E-state index contributed by atoms with van der Waals surface area (Å²) in [5.74, 6) is 0. The molecule has 5 N–H and O–H groups in total. The van der Waals surface area contributed by atoms with E-state index in [4.69, 9.17) is 37.4 Å². The monoisotopic (exact) mass is 206 g/mol. The summed E-state index contributed by atoms with van der Waals surface area (Å²) in [4.78, 5) is 9.90. The Kier molecular flexibility index (Phi) is 9.43. The maximum absolute atomic E-state index is 9.90. The lowest BCUT2D eigenvalue weighted by molar-refractivity contribution is -0.136. The van der Waals surface area contributed by atoms with E-state index >= 15 is 0 Å². The molecule has 0 aromatic heterocycles. The first-order chi connectivity index (χ1) is 6.54. The van der Waals surface area contributed by atoms with E-state index in [1.54, 1.807) is 0 Å². The summed E-state index contributed by atoms with van der Waals surface area (Å²) in [6, 6.07) is 0. The lowest BCUT2D eigenvalue weighted by Crippen LogP contribution is -2.46. The van der Waals surface area contributed by atoms with Crippen LogP contribution in [0.1, 0.15) is 0 Å². The molecule has 0 unspecified atom stereocenters. The van der Waals surface area contributed by atoms with Crippen molar-refractivity contribution in [3.63, 3.8) is 0 Å². The Labute approximate surface area is 80.5 Å². The second-order valence-electron chi connectivity index (χ2n) is 2.36. The average molecular weight is 206 g/mol. The molecule has 0 amide bonds. The third kappa shape index (κ3) is 4.86. The molecule has 7 nitrogen and oxygen atoms in total. The van der Waals surface area contributed by atoms with Crippen molar-refractivity contribution in [2.75, 3.05) is 6.61 Å². The second-order valence-corrected chi connectivity index (χ2v) is 2.36. The van der Waals surface area contributed by atoms with Crippen LogP contribution in [0.5, 0.6) is 0 Å². The molecule has 0 saturated carbocycles. The molecule has 0 saturated heterocycles. The molecular weight excluding hydrogens is 194 g/mol. The van der Waals surface area contributed by atoms with E-state index in [-0.39, 0.29) is 6.29 Å². The predicted molar refractivity (Wildman–Crippen MR) is 42.1 cm³/mol. The summed E-state index contributed by atoms with van der Waals surface area (Å²) in [5.41, 5.74) is 0. The highest BCUT2D eigenvalue weighted by molar-refractivity contribution is 5.56. The number of carbonyl (C=O) groups excluding carboxylic acids is 1. The summed E-state index contributed by atoms with van der Waals surface area (Å²) in [6.07, 6.45) is -6.84. The minimum atomic E-state index is -1.79. The molecule has 7 heteroatoms. The van der Waals surface area contributed by atoms with Gasteiger partial charge >= 0.3 is 0 Å². The zero-order valence-corrected chi connectivity index (χ0v) is 7.19. The molecule has 0 bridgehead atoms. The maximum atomic E-state index is 9.90. The zero-order chi connectivity index (χ0) is 11.7. The molecule has 0 aromatic rings. The van der Waals surface area contributed by atoms with Crippen molar-refractivity contribution in [1.29, 1.82) is 5.26 Å². The first-order valence-corrected chi connectivity index (χ1v) is 3.55. The predicted octanol–water partition coefficient (Wildman–Crippen LogP) is -3.28. The van der Waals surface area contributed by atoms with E-state index in [0.29, 0.717) is 0 Å². The van der Waals surface area contributed by atoms with Crippen molar-refractivity contribution in [2.24, 2.45) is 0 Å². The van der Waals surface area contributed by atoms with Crippen molar-refractivity contribution in [3.05, 3.63) is 6.57 Å². The van der Waals surface area contributed by atoms with Gasteiger partial charge in [-0.05, 0) is 0 Å². The second kappa shape index (κ2) is 8.55. The molecular formula is C7H12NO6-. The van der Waals surface area contributed by atoms with Crippen molar-refractivity contribution in [1.82, 2.24) is 0 Å². The third-order valence-corrected chi connectivity index (χ3v) is 1.42. The third-order valence-electron chi connectivity index (χ3n) is 1.42. The first-order valence-electron chi connectivity index (χ1n) is 3.55. The Balaban J connectivity index is 0. The largest absolute Gasteiger partial charge is 0.512 e. The van der Waals surface area contributed by atoms with Crippen molar-refractivity contribution < 1.29 is 30.3 Å². The smallest absolute Gasteiger partial charge is 0.151 e. The van der Waals surface area contributed by atoms with Crippen LogP contribution in [0.2, 0.25) is 0 Å². The summed E-state index contributed by atoms with van der Waals surface area (Å²) >= 11 is 0. The van der Waals surface area contributed by atoms with Gasteiger partial charge in [-0.2, -0.15) is 0 Å². The van der Waals surface area contributed by atoms with Crippen LogP contribution in [0.4, 0.5) is 0 Å². The van der Waals surface area contributed by atoms with Gasteiger partial charge in [-0.15, -0.1) is 0 Å². The number of aliphatic hydroxyl groups is 5. The topological polar surface area (TPSA) is 142 Å². The fraction of sp³-hybridized carbons (Fsp3) is 0.714. The minimum absolute atomic E-state index is 0.0258. The number of carbonyl (C=O) groups is 1. The van der Waals surface area contributed by atoms with Crippen molar-refractivity contribution >= 4 is 6.29 Å². The highest BCUT2D eigenvalue weighted by Gasteiger charge is 2.29. The van der Waals surface area contributed by atoms with Crippen LogP contribution in [0.3, 0.4) is 0 Å². The van der Waals surface area contributed by atoms with Gasteiger partial charge in [-0.25, -0.2) is 0 Å². The van der Waals surface area contributed by atoms with Gasteiger partial charge in [0.25, 0.3) is 0 Å². The summed E-state index contributed by atoms with van der Waals surface area (Å²) in [6.45, 7) is 3.99. The average Bonchev–Trinajstić information content (AvgIpc) is 2.27. The van der Waals surface area contributed by atoms with E-state index in [1.165, 1.54) is 0 Å². The Morgan fingerprint density at radius 3 is 1.86 bits per heavy atom.